The van der Waals surface area contributed by atoms with Gasteiger partial charge in [0.15, 0.2) is 14.6 Å². The number of nitrogens with one attached hydrogen (secondary N) is 1. The zero-order valence-electron chi connectivity index (χ0n) is 10.5. The minimum absolute atomic E-state index is 0.316. The zero-order valence-corrected chi connectivity index (χ0v) is 12.1. The molecule has 0 unspecified atom stereocenters. The van der Waals surface area contributed by atoms with Crippen LogP contribution >= 0.6 is 11.6 Å². The summed E-state index contributed by atoms with van der Waals surface area (Å²) in [6.07, 6.45) is 4.78. The maximum atomic E-state index is 12.3. The Morgan fingerprint density at radius 1 is 1.37 bits per heavy atom. The van der Waals surface area contributed by atoms with Gasteiger partial charge in [-0.2, -0.15) is 0 Å². The monoisotopic (exact) mass is 302 g/mol. The predicted molar refractivity (Wildman–Crippen MR) is 73.9 cm³/mol. The van der Waals surface area contributed by atoms with Gasteiger partial charge in [-0.1, -0.05) is 24.4 Å². The molecule has 104 valence electrons. The quantitative estimate of drug-likeness (QED) is 0.867. The van der Waals surface area contributed by atoms with Crippen molar-refractivity contribution in [2.24, 2.45) is 0 Å². The summed E-state index contributed by atoms with van der Waals surface area (Å²) in [6.45, 7) is 0. The van der Waals surface area contributed by atoms with E-state index in [4.69, 9.17) is 11.6 Å². The van der Waals surface area contributed by atoms with Crippen molar-refractivity contribution in [2.75, 3.05) is 11.6 Å². The summed E-state index contributed by atoms with van der Waals surface area (Å²) in [5.74, 6) is -0.475. The fourth-order valence-electron chi connectivity index (χ4n) is 2.41. The highest BCUT2D eigenvalue weighted by atomic mass is 35.5. The van der Waals surface area contributed by atoms with Crippen molar-refractivity contribution < 1.29 is 13.2 Å². The lowest BCUT2D eigenvalue weighted by atomic mass is 10.1. The molecule has 1 aliphatic rings. The van der Waals surface area contributed by atoms with Crippen molar-refractivity contribution >= 4 is 33.0 Å². The van der Waals surface area contributed by atoms with E-state index in [1.165, 1.54) is 6.20 Å². The molecule has 1 fully saturated rings. The molecule has 19 heavy (non-hydrogen) atoms. The van der Waals surface area contributed by atoms with Crippen LogP contribution in [-0.2, 0) is 14.6 Å². The van der Waals surface area contributed by atoms with Crippen LogP contribution in [0.2, 0.25) is 5.15 Å². The summed E-state index contributed by atoms with van der Waals surface area (Å²) in [6, 6.07) is 3.14. The third kappa shape index (κ3) is 2.74. The zero-order chi connectivity index (χ0) is 14.1. The van der Waals surface area contributed by atoms with Crippen molar-refractivity contribution in [3.63, 3.8) is 0 Å². The van der Waals surface area contributed by atoms with Gasteiger partial charge in [-0.3, -0.25) is 4.79 Å². The van der Waals surface area contributed by atoms with Crippen molar-refractivity contribution in [1.29, 1.82) is 0 Å². The first kappa shape index (κ1) is 14.3. The number of carbonyl (C=O) groups excluding carboxylic acids is 1. The van der Waals surface area contributed by atoms with Crippen molar-refractivity contribution in [3.05, 3.63) is 23.5 Å². The molecule has 1 aliphatic carbocycles. The Balaban J connectivity index is 2.25. The number of pyridine rings is 1. The Morgan fingerprint density at radius 2 is 2.00 bits per heavy atom. The molecule has 0 atom stereocenters. The summed E-state index contributed by atoms with van der Waals surface area (Å²) in [5.41, 5.74) is 0.448. The number of halogens is 1. The van der Waals surface area contributed by atoms with E-state index in [0.29, 0.717) is 23.7 Å². The first-order valence-corrected chi connectivity index (χ1v) is 8.25. The second-order valence-electron chi connectivity index (χ2n) is 4.80. The van der Waals surface area contributed by atoms with E-state index in [1.54, 1.807) is 12.1 Å². The molecule has 0 aromatic carbocycles. The van der Waals surface area contributed by atoms with Crippen LogP contribution in [0.4, 0.5) is 5.69 Å². The smallest absolute Gasteiger partial charge is 0.245 e. The molecule has 1 aromatic rings. The molecule has 0 saturated heterocycles. The molecule has 1 N–H and O–H groups in total. The van der Waals surface area contributed by atoms with Gasteiger partial charge in [-0.15, -0.1) is 0 Å². The summed E-state index contributed by atoms with van der Waals surface area (Å²) in [7, 11) is -3.45. The van der Waals surface area contributed by atoms with Crippen LogP contribution in [0.15, 0.2) is 18.3 Å². The van der Waals surface area contributed by atoms with Crippen LogP contribution in [0.25, 0.3) is 0 Å². The second-order valence-corrected chi connectivity index (χ2v) is 7.51. The van der Waals surface area contributed by atoms with Gasteiger partial charge in [-0.25, -0.2) is 13.4 Å². The van der Waals surface area contributed by atoms with E-state index in [1.807, 2.05) is 0 Å². The first-order valence-electron chi connectivity index (χ1n) is 5.98. The van der Waals surface area contributed by atoms with Crippen molar-refractivity contribution in [3.8, 4) is 0 Å². The summed E-state index contributed by atoms with van der Waals surface area (Å²) in [4.78, 5) is 16.2. The van der Waals surface area contributed by atoms with Crippen molar-refractivity contribution in [2.45, 2.75) is 30.4 Å². The van der Waals surface area contributed by atoms with Crippen LogP contribution in [0.3, 0.4) is 0 Å². The number of anilines is 1. The number of aromatic nitrogens is 1. The Morgan fingerprint density at radius 3 is 2.47 bits per heavy atom. The number of nitrogens with zero attached hydrogens (tertiary/aromatic N) is 1. The maximum Gasteiger partial charge on any atom is 0.245 e. The molecule has 0 aliphatic heterocycles. The van der Waals surface area contributed by atoms with Gasteiger partial charge >= 0.3 is 0 Å². The molecule has 0 spiro atoms. The largest absolute Gasteiger partial charge is 0.323 e. The molecule has 1 saturated carbocycles. The number of hydrogen-bond acceptors (Lipinski definition) is 4. The molecule has 1 aromatic heterocycles. The van der Waals surface area contributed by atoms with Gasteiger partial charge in [-0.05, 0) is 25.0 Å². The Kier molecular flexibility index (Phi) is 3.82. The standard InChI is InChI=1S/C12H15ClN2O3S/c1-19(17,18)12(6-2-3-7-12)11(16)15-9-4-5-10(13)14-8-9/h4-5,8H,2-3,6-7H2,1H3,(H,15,16). The van der Waals surface area contributed by atoms with Gasteiger partial charge in [0.2, 0.25) is 5.91 Å². The minimum Gasteiger partial charge on any atom is -0.323 e. The number of hydrogen-bond donors (Lipinski definition) is 1. The highest BCUT2D eigenvalue weighted by Crippen LogP contribution is 2.37. The fourth-order valence-corrected chi connectivity index (χ4v) is 3.94. The summed E-state index contributed by atoms with van der Waals surface area (Å²) in [5, 5.41) is 2.94. The molecule has 0 radical (unpaired) electrons. The van der Waals surface area contributed by atoms with E-state index in [0.717, 1.165) is 19.1 Å². The molecule has 7 heteroatoms. The summed E-state index contributed by atoms with van der Waals surface area (Å²) < 4.78 is 22.6. The Bertz CT molecular complexity index is 577. The van der Waals surface area contributed by atoms with Crippen LogP contribution in [0.1, 0.15) is 25.7 Å². The third-order valence-electron chi connectivity index (χ3n) is 3.52. The molecule has 2 rings (SSSR count). The van der Waals surface area contributed by atoms with E-state index in [-0.39, 0.29) is 0 Å². The average Bonchev–Trinajstić information content (AvgIpc) is 2.82. The van der Waals surface area contributed by atoms with E-state index in [2.05, 4.69) is 10.3 Å². The topological polar surface area (TPSA) is 76.1 Å². The van der Waals surface area contributed by atoms with Crippen LogP contribution < -0.4 is 5.32 Å². The lowest BCUT2D eigenvalue weighted by Crippen LogP contribution is -2.47. The van der Waals surface area contributed by atoms with Gasteiger partial charge in [0.25, 0.3) is 0 Å². The summed E-state index contributed by atoms with van der Waals surface area (Å²) >= 11 is 5.66. The van der Waals surface area contributed by atoms with Crippen molar-refractivity contribution in [1.82, 2.24) is 4.98 Å². The van der Waals surface area contributed by atoms with Crippen LogP contribution in [0.5, 0.6) is 0 Å². The number of amides is 1. The SMILES string of the molecule is CS(=O)(=O)C1(C(=O)Nc2ccc(Cl)nc2)CCCC1. The number of sulfone groups is 1. The van der Waals surface area contributed by atoms with E-state index >= 15 is 0 Å². The normalized spacial score (nSPS) is 18.2. The molecule has 1 heterocycles. The molecule has 5 nitrogen and oxygen atoms in total. The number of rotatable bonds is 3. The maximum absolute atomic E-state index is 12.3. The van der Waals surface area contributed by atoms with Crippen LogP contribution in [0, 0.1) is 0 Å². The minimum atomic E-state index is -3.45. The fraction of sp³-hybridized carbons (Fsp3) is 0.500. The molecular weight excluding hydrogens is 288 g/mol. The number of carbonyl (C=O) groups is 1. The Hall–Kier alpha value is -1.14. The highest BCUT2D eigenvalue weighted by molar-refractivity contribution is 7.92. The first-order chi connectivity index (χ1) is 8.85. The van der Waals surface area contributed by atoms with Crippen LogP contribution in [-0.4, -0.2) is 30.3 Å². The molecule has 0 bridgehead atoms. The predicted octanol–water partition coefficient (Wildman–Crippen LogP) is 2.03. The van der Waals surface area contributed by atoms with Gasteiger partial charge in [0, 0.05) is 6.26 Å². The van der Waals surface area contributed by atoms with E-state index in [9.17, 15) is 13.2 Å². The van der Waals surface area contributed by atoms with Gasteiger partial charge in [0.05, 0.1) is 11.9 Å². The highest BCUT2D eigenvalue weighted by Gasteiger charge is 2.49. The molecule has 1 amide bonds. The average molecular weight is 303 g/mol. The third-order valence-corrected chi connectivity index (χ3v) is 5.76. The Labute approximate surface area is 117 Å². The van der Waals surface area contributed by atoms with Gasteiger partial charge < -0.3 is 5.32 Å². The lowest BCUT2D eigenvalue weighted by molar-refractivity contribution is -0.118. The van der Waals surface area contributed by atoms with E-state index < -0.39 is 20.5 Å². The van der Waals surface area contributed by atoms with Gasteiger partial charge in [0.1, 0.15) is 5.15 Å². The molecular formula is C12H15ClN2O3S. The lowest BCUT2D eigenvalue weighted by Gasteiger charge is -2.25. The second kappa shape index (κ2) is 5.09.